The number of piperidine rings is 1. The number of nitrogens with one attached hydrogen (secondary N) is 1. The van der Waals surface area contributed by atoms with E-state index in [9.17, 15) is 20.4 Å². The molecule has 1 saturated heterocycles. The normalized spacial score (nSPS) is 37.7. The molecule has 26 heavy (non-hydrogen) atoms. The van der Waals surface area contributed by atoms with Gasteiger partial charge < -0.3 is 25.4 Å². The summed E-state index contributed by atoms with van der Waals surface area (Å²) in [6.45, 7) is 2.69. The van der Waals surface area contributed by atoms with Gasteiger partial charge in [-0.3, -0.25) is 4.90 Å². The molecule has 1 fully saturated rings. The van der Waals surface area contributed by atoms with E-state index in [1.165, 1.54) is 0 Å². The van der Waals surface area contributed by atoms with E-state index in [1.807, 2.05) is 36.1 Å². The Bertz CT molecular complexity index is 806. The Labute approximate surface area is 153 Å². The summed E-state index contributed by atoms with van der Waals surface area (Å²) in [5, 5.41) is 44.1. The van der Waals surface area contributed by atoms with Crippen molar-refractivity contribution in [1.29, 1.82) is 0 Å². The molecule has 5 N–H and O–H groups in total. The maximum absolute atomic E-state index is 11.3. The van der Waals surface area contributed by atoms with Gasteiger partial charge in [-0.1, -0.05) is 25.1 Å². The topological polar surface area (TPSA) is 100.0 Å². The van der Waals surface area contributed by atoms with Crippen molar-refractivity contribution < 1.29 is 20.4 Å². The molecule has 0 saturated carbocycles. The first-order valence-corrected chi connectivity index (χ1v) is 9.48. The molecule has 2 aliphatic rings. The molecule has 1 aromatic carbocycles. The lowest BCUT2D eigenvalue weighted by Crippen LogP contribution is -2.60. The number of aliphatic hydroxyl groups is 4. The van der Waals surface area contributed by atoms with Crippen LogP contribution in [0.25, 0.3) is 10.9 Å². The molecule has 142 valence electrons. The molecule has 2 bridgehead atoms. The first kappa shape index (κ1) is 17.9. The Hall–Kier alpha value is -1.44. The van der Waals surface area contributed by atoms with Crippen LogP contribution in [0.2, 0.25) is 0 Å². The van der Waals surface area contributed by atoms with E-state index in [-0.39, 0.29) is 12.5 Å². The van der Waals surface area contributed by atoms with Gasteiger partial charge in [0.15, 0.2) is 0 Å². The zero-order valence-corrected chi connectivity index (χ0v) is 15.1. The Morgan fingerprint density at radius 2 is 2.00 bits per heavy atom. The molecule has 0 aliphatic carbocycles. The van der Waals surface area contributed by atoms with Crippen LogP contribution in [0.15, 0.2) is 24.3 Å². The zero-order valence-electron chi connectivity index (χ0n) is 15.1. The molecule has 1 aromatic heterocycles. The third-order valence-electron chi connectivity index (χ3n) is 6.39. The highest BCUT2D eigenvalue weighted by atomic mass is 16.4. The van der Waals surface area contributed by atoms with Crippen molar-refractivity contribution in [3.05, 3.63) is 35.5 Å². The Morgan fingerprint density at radius 3 is 2.73 bits per heavy atom. The lowest BCUT2D eigenvalue weighted by Gasteiger charge is -2.47. The molecule has 0 spiro atoms. The van der Waals surface area contributed by atoms with E-state index in [1.54, 1.807) is 0 Å². The number of aromatic nitrogens is 1. The number of benzene rings is 1. The van der Waals surface area contributed by atoms with Crippen LogP contribution >= 0.6 is 0 Å². The Kier molecular flexibility index (Phi) is 4.36. The Balaban J connectivity index is 1.82. The molecule has 4 rings (SSSR count). The summed E-state index contributed by atoms with van der Waals surface area (Å²) in [7, 11) is 0. The van der Waals surface area contributed by atoms with Gasteiger partial charge >= 0.3 is 0 Å². The molecular formula is C20H28N2O4. The summed E-state index contributed by atoms with van der Waals surface area (Å²) in [5.41, 5.74) is 0.0305. The number of H-pyrrole nitrogens is 1. The van der Waals surface area contributed by atoms with E-state index in [2.05, 4.69) is 4.98 Å². The summed E-state index contributed by atoms with van der Waals surface area (Å²) in [6.07, 6.45) is 0.934. The Morgan fingerprint density at radius 1 is 1.23 bits per heavy atom. The number of aromatic amines is 1. The predicted molar refractivity (Wildman–Crippen MR) is 98.5 cm³/mol. The molecule has 6 heteroatoms. The third-order valence-corrected chi connectivity index (χ3v) is 6.39. The number of aliphatic hydroxyl groups excluding tert-OH is 2. The van der Waals surface area contributed by atoms with Crippen LogP contribution in [-0.2, 0) is 12.0 Å². The number of hydrogen-bond acceptors (Lipinski definition) is 5. The highest BCUT2D eigenvalue weighted by Crippen LogP contribution is 2.42. The van der Waals surface area contributed by atoms with Gasteiger partial charge in [0.2, 0.25) is 0 Å². The smallest absolute Gasteiger partial charge is 0.136 e. The van der Waals surface area contributed by atoms with E-state index >= 15 is 0 Å². The summed E-state index contributed by atoms with van der Waals surface area (Å²) in [4.78, 5) is 5.25. The zero-order chi connectivity index (χ0) is 18.5. The molecule has 3 heterocycles. The van der Waals surface area contributed by atoms with Gasteiger partial charge in [0.05, 0.1) is 12.3 Å². The van der Waals surface area contributed by atoms with Crippen molar-refractivity contribution in [3.63, 3.8) is 0 Å². The molecule has 2 aliphatic heterocycles. The molecule has 6 nitrogen and oxygen atoms in total. The van der Waals surface area contributed by atoms with Crippen LogP contribution in [-0.4, -0.2) is 61.8 Å². The average molecular weight is 360 g/mol. The first-order chi connectivity index (χ1) is 12.4. The van der Waals surface area contributed by atoms with Crippen LogP contribution in [0.4, 0.5) is 0 Å². The summed E-state index contributed by atoms with van der Waals surface area (Å²) in [5.74, 6) is -0.0159. The van der Waals surface area contributed by atoms with Gasteiger partial charge in [-0.2, -0.15) is 0 Å². The van der Waals surface area contributed by atoms with E-state index in [0.717, 1.165) is 16.5 Å². The second-order valence-electron chi connectivity index (χ2n) is 8.06. The van der Waals surface area contributed by atoms with Crippen molar-refractivity contribution in [2.45, 2.75) is 50.0 Å². The minimum absolute atomic E-state index is 0.0159. The van der Waals surface area contributed by atoms with Gasteiger partial charge in [-0.25, -0.2) is 0 Å². The molecule has 0 amide bonds. The SMILES string of the molecule is CC[C@@]1(O)C[C@@H]2CN(CCc3c([nH]c4ccccc34)[C@](O)(CO)C2)[C@@H]1O. The van der Waals surface area contributed by atoms with Crippen LogP contribution < -0.4 is 0 Å². The van der Waals surface area contributed by atoms with Crippen molar-refractivity contribution in [2.75, 3.05) is 19.7 Å². The van der Waals surface area contributed by atoms with Gasteiger partial charge in [0, 0.05) is 24.0 Å². The number of para-hydroxylation sites is 1. The third kappa shape index (κ3) is 2.68. The second kappa shape index (κ2) is 6.32. The van der Waals surface area contributed by atoms with E-state index in [4.69, 9.17) is 0 Å². The maximum Gasteiger partial charge on any atom is 0.136 e. The van der Waals surface area contributed by atoms with E-state index in [0.29, 0.717) is 44.5 Å². The fourth-order valence-electron chi connectivity index (χ4n) is 4.95. The van der Waals surface area contributed by atoms with Crippen LogP contribution in [0.3, 0.4) is 0 Å². The van der Waals surface area contributed by atoms with E-state index < -0.39 is 17.4 Å². The molecular weight excluding hydrogens is 332 g/mol. The highest BCUT2D eigenvalue weighted by Gasteiger charge is 2.48. The fourth-order valence-corrected chi connectivity index (χ4v) is 4.95. The van der Waals surface area contributed by atoms with Crippen molar-refractivity contribution in [2.24, 2.45) is 5.92 Å². The number of fused-ring (bicyclic) bond motifs is 5. The second-order valence-corrected chi connectivity index (χ2v) is 8.06. The molecule has 2 aromatic rings. The summed E-state index contributed by atoms with van der Waals surface area (Å²) < 4.78 is 0. The standard InChI is InChI=1S/C20H28N2O4/c1-2-19(25)9-13-10-20(26,12-23)17-15(7-8-22(11-13)18(19)24)14-5-3-4-6-16(14)21-17/h3-6,13,18,21,23-26H,2,7-12H2,1H3/t13-,18+,19+,20+/m0/s1. The van der Waals surface area contributed by atoms with Crippen LogP contribution in [0.1, 0.15) is 37.4 Å². The lowest BCUT2D eigenvalue weighted by atomic mass is 9.76. The van der Waals surface area contributed by atoms with Crippen molar-refractivity contribution in [1.82, 2.24) is 9.88 Å². The molecule has 5 atom stereocenters. The quantitative estimate of drug-likeness (QED) is 0.552. The summed E-state index contributed by atoms with van der Waals surface area (Å²) >= 11 is 0. The lowest BCUT2D eigenvalue weighted by molar-refractivity contribution is -0.194. The fraction of sp³-hybridized carbons (Fsp3) is 0.600. The first-order valence-electron chi connectivity index (χ1n) is 9.48. The van der Waals surface area contributed by atoms with Crippen LogP contribution in [0.5, 0.6) is 0 Å². The maximum atomic E-state index is 11.3. The van der Waals surface area contributed by atoms with Gasteiger partial charge in [0.25, 0.3) is 0 Å². The number of nitrogens with zero attached hydrogens (tertiary/aromatic N) is 1. The van der Waals surface area contributed by atoms with Gasteiger partial charge in [0.1, 0.15) is 17.4 Å². The van der Waals surface area contributed by atoms with Crippen molar-refractivity contribution >= 4 is 10.9 Å². The average Bonchev–Trinajstić information content (AvgIpc) is 3.03. The molecule has 0 radical (unpaired) electrons. The van der Waals surface area contributed by atoms with Gasteiger partial charge in [-0.15, -0.1) is 0 Å². The van der Waals surface area contributed by atoms with Gasteiger partial charge in [-0.05, 0) is 43.2 Å². The monoisotopic (exact) mass is 360 g/mol. The highest BCUT2D eigenvalue weighted by molar-refractivity contribution is 5.85. The summed E-state index contributed by atoms with van der Waals surface area (Å²) in [6, 6.07) is 7.89. The number of rotatable bonds is 2. The minimum atomic E-state index is -1.38. The predicted octanol–water partition coefficient (Wildman–Crippen LogP) is 1.08. The van der Waals surface area contributed by atoms with Crippen LogP contribution in [0, 0.1) is 5.92 Å². The number of hydrogen-bond donors (Lipinski definition) is 5. The van der Waals surface area contributed by atoms with Crippen molar-refractivity contribution in [3.8, 4) is 0 Å². The molecule has 1 unspecified atom stereocenters. The largest absolute Gasteiger partial charge is 0.393 e. The minimum Gasteiger partial charge on any atom is -0.393 e.